The second kappa shape index (κ2) is 10.7. The van der Waals surface area contributed by atoms with Crippen LogP contribution in [0, 0.1) is 6.92 Å². The van der Waals surface area contributed by atoms with Crippen LogP contribution in [-0.4, -0.2) is 52.5 Å². The highest BCUT2D eigenvalue weighted by molar-refractivity contribution is 7.98. The number of benzene rings is 1. The Morgan fingerprint density at radius 3 is 2.46 bits per heavy atom. The summed E-state index contributed by atoms with van der Waals surface area (Å²) in [6.07, 6.45) is 3.17. The summed E-state index contributed by atoms with van der Waals surface area (Å²) in [6.45, 7) is 3.20. The van der Waals surface area contributed by atoms with Gasteiger partial charge in [-0.15, -0.1) is 0 Å². The number of carbonyl (C=O) groups is 1. The van der Waals surface area contributed by atoms with Gasteiger partial charge in [0.2, 0.25) is 15.9 Å². The van der Waals surface area contributed by atoms with Gasteiger partial charge in [0.05, 0.1) is 4.90 Å². The molecule has 0 aliphatic rings. The van der Waals surface area contributed by atoms with Gasteiger partial charge in [0.1, 0.15) is 6.04 Å². The second-order valence-electron chi connectivity index (χ2n) is 5.52. The monoisotopic (exact) mass is 373 g/mol. The van der Waals surface area contributed by atoms with Crippen molar-refractivity contribution in [3.8, 4) is 0 Å². The zero-order valence-electron chi connectivity index (χ0n) is 14.5. The van der Waals surface area contributed by atoms with E-state index in [-0.39, 0.29) is 10.8 Å². The number of carbonyl (C=O) groups excluding carboxylic acids is 1. The lowest BCUT2D eigenvalue weighted by atomic mass is 10.2. The van der Waals surface area contributed by atoms with Crippen LogP contribution in [0.3, 0.4) is 0 Å². The molecule has 3 N–H and O–H groups in total. The molecule has 0 aromatic heterocycles. The van der Waals surface area contributed by atoms with Gasteiger partial charge in [-0.2, -0.15) is 16.5 Å². The highest BCUT2D eigenvalue weighted by Gasteiger charge is 2.25. The number of hydrogen-bond donors (Lipinski definition) is 3. The molecule has 6 nitrogen and oxygen atoms in total. The number of rotatable bonds is 11. The van der Waals surface area contributed by atoms with Crippen LogP contribution in [0.5, 0.6) is 0 Å². The zero-order chi connectivity index (χ0) is 18.0. The standard InChI is InChI=1S/C16H27N3O3S2/c1-13-5-7-14(8-6-13)24(21,22)19-15(9-12-23-3)16(20)18-11-4-10-17-2/h5-8,15,17,19H,4,9-12H2,1-3H3,(H,18,20). The molecule has 0 aliphatic carbocycles. The lowest BCUT2D eigenvalue weighted by molar-refractivity contribution is -0.122. The number of amides is 1. The Morgan fingerprint density at radius 1 is 1.21 bits per heavy atom. The quantitative estimate of drug-likeness (QED) is 0.506. The molecule has 1 unspecified atom stereocenters. The maximum Gasteiger partial charge on any atom is 0.241 e. The minimum atomic E-state index is -3.72. The van der Waals surface area contributed by atoms with Crippen LogP contribution in [0.1, 0.15) is 18.4 Å². The first-order valence-corrected chi connectivity index (χ1v) is 10.8. The third-order valence-corrected chi connectivity index (χ3v) is 5.59. The maximum absolute atomic E-state index is 12.5. The van der Waals surface area contributed by atoms with E-state index < -0.39 is 16.1 Å². The van der Waals surface area contributed by atoms with Crippen LogP contribution in [0.2, 0.25) is 0 Å². The van der Waals surface area contributed by atoms with Gasteiger partial charge in [0.15, 0.2) is 0 Å². The lowest BCUT2D eigenvalue weighted by Crippen LogP contribution is -2.47. The minimum absolute atomic E-state index is 0.172. The zero-order valence-corrected chi connectivity index (χ0v) is 16.1. The van der Waals surface area contributed by atoms with Crippen molar-refractivity contribution in [1.29, 1.82) is 0 Å². The molecule has 8 heteroatoms. The van der Waals surface area contributed by atoms with Crippen molar-refractivity contribution in [1.82, 2.24) is 15.4 Å². The Hall–Kier alpha value is -1.09. The van der Waals surface area contributed by atoms with Gasteiger partial charge in [-0.3, -0.25) is 4.79 Å². The predicted molar refractivity (Wildman–Crippen MR) is 99.8 cm³/mol. The van der Waals surface area contributed by atoms with Gasteiger partial charge in [0.25, 0.3) is 0 Å². The first kappa shape index (κ1) is 21.0. The van der Waals surface area contributed by atoms with Crippen molar-refractivity contribution in [2.45, 2.75) is 30.7 Å². The fraction of sp³-hybridized carbons (Fsp3) is 0.562. The molecule has 0 spiro atoms. The number of aryl methyl sites for hydroxylation is 1. The van der Waals surface area contributed by atoms with Crippen LogP contribution in [-0.2, 0) is 14.8 Å². The van der Waals surface area contributed by atoms with Crippen molar-refractivity contribution >= 4 is 27.7 Å². The van der Waals surface area contributed by atoms with Gasteiger partial charge < -0.3 is 10.6 Å². The Labute approximate surface area is 149 Å². The van der Waals surface area contributed by atoms with Crippen molar-refractivity contribution < 1.29 is 13.2 Å². The SMILES string of the molecule is CNCCCNC(=O)C(CCSC)NS(=O)(=O)c1ccc(C)cc1. The summed E-state index contributed by atoms with van der Waals surface area (Å²) in [5, 5.41) is 5.80. The van der Waals surface area contributed by atoms with E-state index >= 15 is 0 Å². The molecule has 24 heavy (non-hydrogen) atoms. The normalized spacial score (nSPS) is 12.8. The molecule has 0 heterocycles. The highest BCUT2D eigenvalue weighted by Crippen LogP contribution is 2.12. The molecule has 0 bridgehead atoms. The molecule has 136 valence electrons. The third kappa shape index (κ3) is 7.21. The average molecular weight is 374 g/mol. The minimum Gasteiger partial charge on any atom is -0.355 e. The number of thioether (sulfide) groups is 1. The Bertz CT molecular complexity index is 603. The average Bonchev–Trinajstić information content (AvgIpc) is 2.55. The predicted octanol–water partition coefficient (Wildman–Crippen LogP) is 1.12. The third-order valence-electron chi connectivity index (χ3n) is 3.46. The molecule has 1 aromatic carbocycles. The van der Waals surface area contributed by atoms with Gasteiger partial charge in [-0.05, 0) is 57.5 Å². The highest BCUT2D eigenvalue weighted by atomic mass is 32.2. The first-order chi connectivity index (χ1) is 11.4. The molecule has 0 aliphatic heterocycles. The van der Waals surface area contributed by atoms with E-state index in [4.69, 9.17) is 0 Å². The lowest BCUT2D eigenvalue weighted by Gasteiger charge is -2.18. The molecule has 1 amide bonds. The van der Waals surface area contributed by atoms with Gasteiger partial charge in [0, 0.05) is 6.54 Å². The van der Waals surface area contributed by atoms with E-state index in [2.05, 4.69) is 15.4 Å². The number of nitrogens with one attached hydrogen (secondary N) is 3. The van der Waals surface area contributed by atoms with Crippen molar-refractivity contribution in [3.05, 3.63) is 29.8 Å². The topological polar surface area (TPSA) is 87.3 Å². The van der Waals surface area contributed by atoms with E-state index in [1.54, 1.807) is 36.0 Å². The summed E-state index contributed by atoms with van der Waals surface area (Å²) in [4.78, 5) is 12.5. The molecule has 0 saturated heterocycles. The fourth-order valence-electron chi connectivity index (χ4n) is 2.05. The van der Waals surface area contributed by atoms with Crippen LogP contribution >= 0.6 is 11.8 Å². The maximum atomic E-state index is 12.5. The molecule has 0 fully saturated rings. The Morgan fingerprint density at radius 2 is 1.88 bits per heavy atom. The Balaban J connectivity index is 2.76. The molecular weight excluding hydrogens is 346 g/mol. The van der Waals surface area contributed by atoms with Crippen LogP contribution < -0.4 is 15.4 Å². The van der Waals surface area contributed by atoms with Crippen LogP contribution in [0.4, 0.5) is 0 Å². The molecule has 1 atom stereocenters. The van der Waals surface area contributed by atoms with Crippen LogP contribution in [0.15, 0.2) is 29.2 Å². The second-order valence-corrected chi connectivity index (χ2v) is 8.22. The smallest absolute Gasteiger partial charge is 0.241 e. The van der Waals surface area contributed by atoms with Gasteiger partial charge in [-0.1, -0.05) is 17.7 Å². The molecule has 0 radical (unpaired) electrons. The van der Waals surface area contributed by atoms with E-state index in [0.717, 1.165) is 18.5 Å². The summed E-state index contributed by atoms with van der Waals surface area (Å²) in [5.41, 5.74) is 0.982. The van der Waals surface area contributed by atoms with E-state index in [9.17, 15) is 13.2 Å². The molecule has 1 aromatic rings. The fourth-order valence-corrected chi connectivity index (χ4v) is 3.75. The van der Waals surface area contributed by atoms with E-state index in [1.807, 2.05) is 20.2 Å². The van der Waals surface area contributed by atoms with E-state index in [0.29, 0.717) is 18.7 Å². The molecule has 0 saturated carbocycles. The van der Waals surface area contributed by atoms with Crippen molar-refractivity contribution in [2.24, 2.45) is 0 Å². The number of sulfonamides is 1. The summed E-state index contributed by atoms with van der Waals surface area (Å²) in [6, 6.07) is 5.81. The molecular formula is C16H27N3O3S2. The van der Waals surface area contributed by atoms with Crippen LogP contribution in [0.25, 0.3) is 0 Å². The largest absolute Gasteiger partial charge is 0.355 e. The Kier molecular flexibility index (Phi) is 9.35. The molecule has 1 rings (SSSR count). The van der Waals surface area contributed by atoms with Crippen molar-refractivity contribution in [2.75, 3.05) is 32.1 Å². The van der Waals surface area contributed by atoms with Crippen molar-refractivity contribution in [3.63, 3.8) is 0 Å². The van der Waals surface area contributed by atoms with Gasteiger partial charge in [-0.25, -0.2) is 8.42 Å². The summed E-state index contributed by atoms with van der Waals surface area (Å²) >= 11 is 1.58. The summed E-state index contributed by atoms with van der Waals surface area (Å²) in [7, 11) is -1.87. The number of hydrogen-bond acceptors (Lipinski definition) is 5. The van der Waals surface area contributed by atoms with E-state index in [1.165, 1.54) is 0 Å². The summed E-state index contributed by atoms with van der Waals surface area (Å²) < 4.78 is 27.5. The first-order valence-electron chi connectivity index (χ1n) is 7.91. The summed E-state index contributed by atoms with van der Waals surface area (Å²) in [5.74, 6) is 0.418. The van der Waals surface area contributed by atoms with Gasteiger partial charge >= 0.3 is 0 Å².